The lowest BCUT2D eigenvalue weighted by Gasteiger charge is -2.33. The van der Waals surface area contributed by atoms with Gasteiger partial charge in [-0.15, -0.1) is 0 Å². The average Bonchev–Trinajstić information content (AvgIpc) is 2.63. The summed E-state index contributed by atoms with van der Waals surface area (Å²) in [5.74, 6) is 1.19. The molecule has 2 unspecified atom stereocenters. The van der Waals surface area contributed by atoms with Crippen molar-refractivity contribution in [1.82, 2.24) is 14.3 Å². The lowest BCUT2D eigenvalue weighted by atomic mass is 9.90. The highest BCUT2D eigenvalue weighted by atomic mass is 32.2. The van der Waals surface area contributed by atoms with E-state index in [-0.39, 0.29) is 0 Å². The van der Waals surface area contributed by atoms with Crippen LogP contribution in [0.5, 0.6) is 0 Å². The van der Waals surface area contributed by atoms with Gasteiger partial charge >= 0.3 is 0 Å². The van der Waals surface area contributed by atoms with E-state index in [1.54, 1.807) is 11.2 Å². The van der Waals surface area contributed by atoms with Gasteiger partial charge in [-0.3, -0.25) is 0 Å². The van der Waals surface area contributed by atoms with Gasteiger partial charge in [0.2, 0.25) is 0 Å². The smallest absolute Gasteiger partial charge is 0.279 e. The number of nitrogens with zero attached hydrogens (tertiary/aromatic N) is 1. The van der Waals surface area contributed by atoms with E-state index in [9.17, 15) is 8.42 Å². The Kier molecular flexibility index (Phi) is 3.30. The summed E-state index contributed by atoms with van der Waals surface area (Å²) in [5, 5.41) is 3.33. The third-order valence-corrected chi connectivity index (χ3v) is 5.00. The summed E-state index contributed by atoms with van der Waals surface area (Å²) in [6.45, 7) is 5.63. The van der Waals surface area contributed by atoms with Crippen molar-refractivity contribution in [2.75, 3.05) is 32.7 Å². The van der Waals surface area contributed by atoms with Crippen molar-refractivity contribution in [3.63, 3.8) is 0 Å². The number of hydrogen-bond acceptors (Lipinski definition) is 3. The Morgan fingerprint density at radius 2 is 2.13 bits per heavy atom. The quantitative estimate of drug-likeness (QED) is 0.683. The first kappa shape index (κ1) is 11.3. The molecule has 15 heavy (non-hydrogen) atoms. The summed E-state index contributed by atoms with van der Waals surface area (Å²) >= 11 is 0. The summed E-state index contributed by atoms with van der Waals surface area (Å²) in [6, 6.07) is 0. The van der Waals surface area contributed by atoms with Gasteiger partial charge in [0, 0.05) is 19.6 Å². The lowest BCUT2D eigenvalue weighted by Crippen LogP contribution is -2.48. The Morgan fingerprint density at radius 1 is 1.40 bits per heavy atom. The van der Waals surface area contributed by atoms with Gasteiger partial charge in [-0.1, -0.05) is 6.92 Å². The molecule has 0 bridgehead atoms. The highest BCUT2D eigenvalue weighted by Gasteiger charge is 2.36. The van der Waals surface area contributed by atoms with Crippen molar-refractivity contribution in [2.24, 2.45) is 11.8 Å². The summed E-state index contributed by atoms with van der Waals surface area (Å²) in [4.78, 5) is 0. The summed E-state index contributed by atoms with van der Waals surface area (Å²) in [6.07, 6.45) is 0.988. The van der Waals surface area contributed by atoms with E-state index >= 15 is 0 Å². The topological polar surface area (TPSA) is 61.4 Å². The number of nitrogens with one attached hydrogen (secondary N) is 2. The molecule has 0 radical (unpaired) electrons. The van der Waals surface area contributed by atoms with Crippen molar-refractivity contribution in [1.29, 1.82) is 0 Å². The molecule has 2 heterocycles. The van der Waals surface area contributed by atoms with E-state index in [1.165, 1.54) is 0 Å². The van der Waals surface area contributed by atoms with Gasteiger partial charge in [-0.05, 0) is 31.3 Å². The minimum Gasteiger partial charge on any atom is -0.316 e. The van der Waals surface area contributed by atoms with E-state index in [2.05, 4.69) is 10.0 Å². The number of rotatable bonds is 3. The van der Waals surface area contributed by atoms with E-state index in [0.29, 0.717) is 31.5 Å². The maximum Gasteiger partial charge on any atom is 0.279 e. The summed E-state index contributed by atoms with van der Waals surface area (Å²) in [7, 11) is -3.22. The number of fused-ring (bicyclic) bond motifs is 1. The molecule has 0 spiro atoms. The zero-order chi connectivity index (χ0) is 10.9. The normalized spacial score (nSPS) is 32.9. The molecule has 0 aliphatic carbocycles. The van der Waals surface area contributed by atoms with Gasteiger partial charge in [0.15, 0.2) is 0 Å². The predicted molar refractivity (Wildman–Crippen MR) is 58.6 cm³/mol. The van der Waals surface area contributed by atoms with Crippen molar-refractivity contribution < 1.29 is 8.42 Å². The van der Waals surface area contributed by atoms with Crippen molar-refractivity contribution >= 4 is 10.2 Å². The molecule has 88 valence electrons. The highest BCUT2D eigenvalue weighted by molar-refractivity contribution is 7.87. The van der Waals surface area contributed by atoms with Crippen LogP contribution in [0, 0.1) is 11.8 Å². The molecule has 5 nitrogen and oxygen atoms in total. The van der Waals surface area contributed by atoms with E-state index < -0.39 is 10.2 Å². The molecule has 2 aliphatic rings. The molecule has 2 rings (SSSR count). The molecule has 2 aliphatic heterocycles. The van der Waals surface area contributed by atoms with Gasteiger partial charge in [0.05, 0.1) is 0 Å². The second-order valence-electron chi connectivity index (χ2n) is 4.33. The first-order valence-corrected chi connectivity index (χ1v) is 7.03. The van der Waals surface area contributed by atoms with Gasteiger partial charge in [0.1, 0.15) is 0 Å². The molecule has 0 saturated carbocycles. The van der Waals surface area contributed by atoms with Crippen LogP contribution in [0.15, 0.2) is 0 Å². The van der Waals surface area contributed by atoms with E-state index in [0.717, 1.165) is 19.5 Å². The fourth-order valence-corrected chi connectivity index (χ4v) is 3.77. The predicted octanol–water partition coefficient (Wildman–Crippen LogP) is -0.618. The average molecular weight is 233 g/mol. The van der Waals surface area contributed by atoms with E-state index in [4.69, 9.17) is 0 Å². The fraction of sp³-hybridized carbons (Fsp3) is 1.00. The molecule has 0 aromatic rings. The maximum atomic E-state index is 11.8. The molecule has 0 aromatic heterocycles. The zero-order valence-corrected chi connectivity index (χ0v) is 9.89. The Balaban J connectivity index is 2.00. The Bertz CT molecular complexity index is 317. The van der Waals surface area contributed by atoms with Crippen LogP contribution in [0.25, 0.3) is 0 Å². The molecule has 0 amide bonds. The third-order valence-electron chi connectivity index (χ3n) is 3.33. The highest BCUT2D eigenvalue weighted by Crippen LogP contribution is 2.27. The molecular weight excluding hydrogens is 214 g/mol. The first-order chi connectivity index (χ1) is 7.13. The third kappa shape index (κ3) is 2.33. The van der Waals surface area contributed by atoms with Crippen molar-refractivity contribution in [3.8, 4) is 0 Å². The Labute approximate surface area is 91.4 Å². The van der Waals surface area contributed by atoms with E-state index in [1.807, 2.05) is 0 Å². The number of hydrogen-bond donors (Lipinski definition) is 2. The second-order valence-corrected chi connectivity index (χ2v) is 6.08. The van der Waals surface area contributed by atoms with Gasteiger partial charge in [-0.2, -0.15) is 12.7 Å². The zero-order valence-electron chi connectivity index (χ0n) is 9.07. The summed E-state index contributed by atoms with van der Waals surface area (Å²) < 4.78 is 27.7. The standard InChI is InChI=1S/C9H19N3O2S/c1-2-11-15(13,14)12-4-3-8-5-10-6-9(8)7-12/h8-11H,2-7H2,1H3. The summed E-state index contributed by atoms with van der Waals surface area (Å²) in [5.41, 5.74) is 0. The van der Waals surface area contributed by atoms with Crippen molar-refractivity contribution in [2.45, 2.75) is 13.3 Å². The van der Waals surface area contributed by atoms with Crippen LogP contribution < -0.4 is 10.0 Å². The van der Waals surface area contributed by atoms with Gasteiger partial charge in [-0.25, -0.2) is 4.72 Å². The minimum atomic E-state index is -3.22. The largest absolute Gasteiger partial charge is 0.316 e. The van der Waals surface area contributed by atoms with Crippen LogP contribution in [0.2, 0.25) is 0 Å². The molecule has 0 aromatic carbocycles. The molecule has 2 saturated heterocycles. The first-order valence-electron chi connectivity index (χ1n) is 5.59. The SMILES string of the molecule is CCNS(=O)(=O)N1CCC2CNCC2C1. The molecule has 2 N–H and O–H groups in total. The maximum absolute atomic E-state index is 11.8. The Hall–Kier alpha value is -0.170. The van der Waals surface area contributed by atoms with Crippen LogP contribution in [0.3, 0.4) is 0 Å². The van der Waals surface area contributed by atoms with Gasteiger partial charge < -0.3 is 5.32 Å². The van der Waals surface area contributed by atoms with Gasteiger partial charge in [0.25, 0.3) is 10.2 Å². The fourth-order valence-electron chi connectivity index (χ4n) is 2.49. The minimum absolute atomic E-state index is 0.463. The molecule has 6 heteroatoms. The van der Waals surface area contributed by atoms with Crippen molar-refractivity contribution in [3.05, 3.63) is 0 Å². The molecule has 2 fully saturated rings. The van der Waals surface area contributed by atoms with Crippen LogP contribution in [-0.2, 0) is 10.2 Å². The molecular formula is C9H19N3O2S. The molecule has 2 atom stereocenters. The van der Waals surface area contributed by atoms with Crippen LogP contribution in [0.4, 0.5) is 0 Å². The monoisotopic (exact) mass is 233 g/mol. The van der Waals surface area contributed by atoms with Crippen LogP contribution >= 0.6 is 0 Å². The second kappa shape index (κ2) is 4.37. The Morgan fingerprint density at radius 3 is 2.87 bits per heavy atom. The lowest BCUT2D eigenvalue weighted by molar-refractivity contribution is 0.226. The number of piperidine rings is 1. The van der Waals surface area contributed by atoms with Crippen LogP contribution in [0.1, 0.15) is 13.3 Å². The van der Waals surface area contributed by atoms with Crippen LogP contribution in [-0.4, -0.2) is 45.4 Å².